The van der Waals surface area contributed by atoms with Crippen molar-refractivity contribution in [1.82, 2.24) is 4.72 Å². The van der Waals surface area contributed by atoms with Crippen molar-refractivity contribution >= 4 is 10.0 Å². The molecule has 0 bridgehead atoms. The van der Waals surface area contributed by atoms with Gasteiger partial charge in [0, 0.05) is 12.0 Å². The first kappa shape index (κ1) is 17.1. The molecule has 0 spiro atoms. The third-order valence-electron chi connectivity index (χ3n) is 2.55. The van der Waals surface area contributed by atoms with Crippen LogP contribution in [-0.4, -0.2) is 24.7 Å². The van der Waals surface area contributed by atoms with E-state index >= 15 is 0 Å². The Balaban J connectivity index is 2.99. The molecule has 0 fully saturated rings. The monoisotopic (exact) mass is 299 g/mol. The summed E-state index contributed by atoms with van der Waals surface area (Å²) in [4.78, 5) is 0. The fraction of sp³-hybridized carbons (Fsp3) is 0.600. The van der Waals surface area contributed by atoms with Gasteiger partial charge in [0.1, 0.15) is 0 Å². The first-order valence-corrected chi connectivity index (χ1v) is 8.34. The minimum atomic E-state index is -3.40. The van der Waals surface area contributed by atoms with Crippen LogP contribution in [0.4, 0.5) is 0 Å². The highest BCUT2D eigenvalue weighted by molar-refractivity contribution is 7.88. The van der Waals surface area contributed by atoms with Gasteiger partial charge in [0.05, 0.1) is 11.4 Å². The van der Waals surface area contributed by atoms with Gasteiger partial charge in [-0.15, -0.1) is 0 Å². The van der Waals surface area contributed by atoms with Crippen molar-refractivity contribution in [3.8, 4) is 0 Å². The quantitative estimate of drug-likeness (QED) is 0.876. The van der Waals surface area contributed by atoms with Gasteiger partial charge in [0.15, 0.2) is 0 Å². The van der Waals surface area contributed by atoms with E-state index in [-0.39, 0.29) is 5.75 Å². The second-order valence-electron chi connectivity index (χ2n) is 6.87. The van der Waals surface area contributed by atoms with E-state index < -0.39 is 21.2 Å². The highest BCUT2D eigenvalue weighted by atomic mass is 32.2. The summed E-state index contributed by atoms with van der Waals surface area (Å²) in [5, 5.41) is 9.92. The number of nitrogens with one attached hydrogen (secondary N) is 1. The Morgan fingerprint density at radius 1 is 1.05 bits per heavy atom. The Morgan fingerprint density at radius 2 is 1.55 bits per heavy atom. The van der Waals surface area contributed by atoms with Crippen LogP contribution < -0.4 is 4.72 Å². The molecule has 0 aliphatic heterocycles. The summed E-state index contributed by atoms with van der Waals surface area (Å²) in [6, 6.07) is 7.33. The van der Waals surface area contributed by atoms with Gasteiger partial charge in [-0.25, -0.2) is 13.1 Å². The molecule has 0 aromatic heterocycles. The Morgan fingerprint density at radius 3 is 2.00 bits per heavy atom. The van der Waals surface area contributed by atoms with Crippen LogP contribution in [0.1, 0.15) is 45.7 Å². The van der Waals surface area contributed by atoms with Crippen LogP contribution in [0.15, 0.2) is 24.3 Å². The van der Waals surface area contributed by atoms with Crippen LogP contribution in [0.5, 0.6) is 0 Å². The minimum Gasteiger partial charge on any atom is -0.390 e. The highest BCUT2D eigenvalue weighted by Crippen LogP contribution is 2.19. The summed E-state index contributed by atoms with van der Waals surface area (Å²) in [6.07, 6.45) is 0.425. The predicted molar refractivity (Wildman–Crippen MR) is 82.0 cm³/mol. The Labute approximate surface area is 122 Å². The molecule has 0 amide bonds. The van der Waals surface area contributed by atoms with Crippen molar-refractivity contribution in [2.75, 3.05) is 0 Å². The smallest absolute Gasteiger partial charge is 0.216 e. The lowest BCUT2D eigenvalue weighted by Gasteiger charge is -2.22. The zero-order chi connectivity index (χ0) is 15.6. The van der Waals surface area contributed by atoms with E-state index in [4.69, 9.17) is 0 Å². The van der Waals surface area contributed by atoms with Crippen molar-refractivity contribution in [1.29, 1.82) is 0 Å². The normalized spacial score (nSPS) is 13.5. The molecule has 5 heteroatoms. The zero-order valence-corrected chi connectivity index (χ0v) is 13.7. The predicted octanol–water partition coefficient (Wildman–Crippen LogP) is 2.22. The van der Waals surface area contributed by atoms with Crippen molar-refractivity contribution in [3.05, 3.63) is 35.4 Å². The molecule has 0 saturated heterocycles. The molecule has 0 aliphatic rings. The molecule has 0 radical (unpaired) electrons. The fourth-order valence-corrected chi connectivity index (χ4v) is 3.74. The van der Waals surface area contributed by atoms with Crippen LogP contribution in [0.3, 0.4) is 0 Å². The lowest BCUT2D eigenvalue weighted by atomic mass is 9.95. The van der Waals surface area contributed by atoms with Gasteiger partial charge in [-0.1, -0.05) is 24.3 Å². The molecule has 1 aromatic rings. The van der Waals surface area contributed by atoms with E-state index in [1.54, 1.807) is 19.9 Å². The van der Waals surface area contributed by atoms with Crippen molar-refractivity contribution in [2.24, 2.45) is 0 Å². The summed E-state index contributed by atoms with van der Waals surface area (Å²) in [5.74, 6) is -0.0729. The number of benzene rings is 1. The molecule has 0 heterocycles. The molecule has 20 heavy (non-hydrogen) atoms. The average molecular weight is 299 g/mol. The minimum absolute atomic E-state index is 0.0729. The van der Waals surface area contributed by atoms with Gasteiger partial charge in [-0.3, -0.25) is 0 Å². The highest BCUT2D eigenvalue weighted by Gasteiger charge is 2.22. The van der Waals surface area contributed by atoms with Crippen LogP contribution in [0.25, 0.3) is 0 Å². The van der Waals surface area contributed by atoms with Crippen molar-refractivity contribution < 1.29 is 13.5 Å². The van der Waals surface area contributed by atoms with Gasteiger partial charge < -0.3 is 5.11 Å². The van der Waals surface area contributed by atoms with Crippen molar-refractivity contribution in [2.45, 2.75) is 57.9 Å². The molecule has 0 saturated carbocycles. The molecule has 114 valence electrons. The Kier molecular flexibility index (Phi) is 5.00. The zero-order valence-electron chi connectivity index (χ0n) is 12.9. The van der Waals surface area contributed by atoms with Gasteiger partial charge in [-0.2, -0.15) is 0 Å². The van der Waals surface area contributed by atoms with Crippen molar-refractivity contribution in [3.63, 3.8) is 0 Å². The van der Waals surface area contributed by atoms with Crippen LogP contribution >= 0.6 is 0 Å². The summed E-state index contributed by atoms with van der Waals surface area (Å²) in [7, 11) is -3.40. The maximum absolute atomic E-state index is 12.2. The number of hydrogen-bond acceptors (Lipinski definition) is 3. The van der Waals surface area contributed by atoms with Gasteiger partial charge in [0.2, 0.25) is 10.0 Å². The maximum atomic E-state index is 12.2. The number of sulfonamides is 1. The van der Waals surface area contributed by atoms with Crippen LogP contribution in [0.2, 0.25) is 0 Å². The summed E-state index contributed by atoms with van der Waals surface area (Å²) < 4.78 is 27.0. The molecular weight excluding hydrogens is 274 g/mol. The van der Waals surface area contributed by atoms with Gasteiger partial charge >= 0.3 is 0 Å². The fourth-order valence-electron chi connectivity index (χ4n) is 2.04. The van der Waals surface area contributed by atoms with Gasteiger partial charge in [0.25, 0.3) is 0 Å². The van der Waals surface area contributed by atoms with Gasteiger partial charge in [-0.05, 0) is 45.7 Å². The third kappa shape index (κ3) is 6.50. The SMILES string of the molecule is CC(C)(O)Cc1ccccc1CS(=O)(=O)NC(C)(C)C. The Bertz CT molecular complexity index is 551. The molecule has 0 unspecified atom stereocenters. The largest absolute Gasteiger partial charge is 0.390 e. The molecule has 0 aliphatic carbocycles. The molecular formula is C15H25NO3S. The number of rotatable bonds is 5. The first-order chi connectivity index (χ1) is 8.88. The molecule has 1 rings (SSSR count). The number of aliphatic hydroxyl groups is 1. The standard InChI is InChI=1S/C15H25NO3S/c1-14(2,3)16-20(18,19)11-13-9-7-6-8-12(13)10-15(4,5)17/h6-9,16-17H,10-11H2,1-5H3. The van der Waals surface area contributed by atoms with E-state index in [9.17, 15) is 13.5 Å². The molecule has 0 atom stereocenters. The average Bonchev–Trinajstić information content (AvgIpc) is 2.14. The van der Waals surface area contributed by atoms with E-state index in [1.165, 1.54) is 0 Å². The van der Waals surface area contributed by atoms with Crippen LogP contribution in [-0.2, 0) is 22.2 Å². The van der Waals surface area contributed by atoms with Crippen LogP contribution in [0, 0.1) is 0 Å². The van der Waals surface area contributed by atoms with E-state index in [0.29, 0.717) is 6.42 Å². The lowest BCUT2D eigenvalue weighted by Crippen LogP contribution is -2.41. The maximum Gasteiger partial charge on any atom is 0.216 e. The second kappa shape index (κ2) is 5.84. The molecule has 4 nitrogen and oxygen atoms in total. The molecule has 1 aromatic carbocycles. The number of hydrogen-bond donors (Lipinski definition) is 2. The van der Waals surface area contributed by atoms with E-state index in [2.05, 4.69) is 4.72 Å². The van der Waals surface area contributed by atoms with E-state index in [1.807, 2.05) is 39.0 Å². The summed E-state index contributed by atoms with van der Waals surface area (Å²) in [5.41, 5.74) is 0.229. The topological polar surface area (TPSA) is 66.4 Å². The first-order valence-electron chi connectivity index (χ1n) is 6.69. The second-order valence-corrected chi connectivity index (χ2v) is 8.59. The lowest BCUT2D eigenvalue weighted by molar-refractivity contribution is 0.0808. The third-order valence-corrected chi connectivity index (χ3v) is 4.16. The molecule has 2 N–H and O–H groups in total. The Hall–Kier alpha value is -0.910. The summed E-state index contributed by atoms with van der Waals surface area (Å²) in [6.45, 7) is 8.87. The van der Waals surface area contributed by atoms with E-state index in [0.717, 1.165) is 11.1 Å². The summed E-state index contributed by atoms with van der Waals surface area (Å²) >= 11 is 0.